The number of carbonyl (C=O) groups excluding carboxylic acids is 12. The fourth-order valence-electron chi connectivity index (χ4n) is 19.3. The van der Waals surface area contributed by atoms with Crippen molar-refractivity contribution >= 4 is 88.2 Å². The van der Waals surface area contributed by atoms with Crippen molar-refractivity contribution in [2.24, 2.45) is 29.6 Å². The monoisotopic (exact) mass is 1880 g/mol. The minimum Gasteiger partial charge on any atom is -0.481 e. The number of anilines is 2. The summed E-state index contributed by atoms with van der Waals surface area (Å²) < 4.78 is 154. The van der Waals surface area contributed by atoms with Crippen molar-refractivity contribution in [1.29, 1.82) is 0 Å². The predicted octanol–water partition coefficient (Wildman–Crippen LogP) is 14.9. The highest BCUT2D eigenvalue weighted by molar-refractivity contribution is 6.01. The average molecular weight is 1880 g/mol. The molecule has 16 rings (SSSR count). The van der Waals surface area contributed by atoms with Crippen molar-refractivity contribution in [3.63, 3.8) is 0 Å². The van der Waals surface area contributed by atoms with Gasteiger partial charge in [0.15, 0.2) is 75.1 Å². The van der Waals surface area contributed by atoms with Gasteiger partial charge in [0.2, 0.25) is 17.7 Å². The molecule has 34 heteroatoms. The molecule has 8 aromatic carbocycles. The SMILES string of the molecule is CC(C)C(=O)CC(C)C(=O)NC(Cc1ccccc1)C(=O)Cc1ccc(COC(=O)Cc2ccc3c(c2)Oc2c(cc4c5c2CCCN5CCCC4)C32OC(=O)c3c(F)c(F)c(F)c(F)c32)cc1.CC(C)C(=O)NC(CCC(=O)O)C(=O)CC(C(=O)NC(CC(=O)O)C(=O)Cc1ccc2c(c1)Oc1c(cc3c4c1CCCN4CCCC3)C21OC(=O)c2c(F)c(F)c(F)c(F)c21)C(C)C.O=C=O. The quantitative estimate of drug-likeness (QED) is 0.00917. The second-order valence-corrected chi connectivity index (χ2v) is 36.4. The third-order valence-electron chi connectivity index (χ3n) is 26.3. The van der Waals surface area contributed by atoms with Gasteiger partial charge in [0.1, 0.15) is 46.5 Å². The summed E-state index contributed by atoms with van der Waals surface area (Å²) in [6, 6.07) is 24.6. The molecule has 26 nitrogen and oxygen atoms in total. The lowest BCUT2D eigenvalue weighted by atomic mass is 9.74. The van der Waals surface area contributed by atoms with E-state index in [1.807, 2.05) is 30.3 Å². The molecule has 0 aliphatic carbocycles. The second kappa shape index (κ2) is 40.8. The molecular weight excluding hydrogens is 1780 g/mol. The number of carboxylic acids is 2. The van der Waals surface area contributed by atoms with Crippen LogP contribution >= 0.6 is 0 Å². The van der Waals surface area contributed by atoms with E-state index >= 15 is 26.3 Å². The van der Waals surface area contributed by atoms with Crippen LogP contribution in [0.1, 0.15) is 223 Å². The van der Waals surface area contributed by atoms with Crippen molar-refractivity contribution in [2.45, 2.75) is 206 Å². The van der Waals surface area contributed by atoms with Gasteiger partial charge in [-0.2, -0.15) is 9.59 Å². The van der Waals surface area contributed by atoms with Gasteiger partial charge in [-0.15, -0.1) is 0 Å². The number of rotatable bonds is 30. The third kappa shape index (κ3) is 19.5. The summed E-state index contributed by atoms with van der Waals surface area (Å²) in [7, 11) is 0. The van der Waals surface area contributed by atoms with Gasteiger partial charge in [0.25, 0.3) is 0 Å². The number of benzene rings is 8. The van der Waals surface area contributed by atoms with Crippen LogP contribution in [0.4, 0.5) is 46.5 Å². The van der Waals surface area contributed by atoms with Gasteiger partial charge < -0.3 is 59.6 Å². The number of esters is 3. The lowest BCUT2D eigenvalue weighted by Crippen LogP contribution is -2.48. The maximum absolute atomic E-state index is 16.3. The van der Waals surface area contributed by atoms with Crippen LogP contribution in [0.25, 0.3) is 0 Å². The Morgan fingerprint density at radius 2 is 0.904 bits per heavy atom. The lowest BCUT2D eigenvalue weighted by molar-refractivity contribution is -0.192. The highest BCUT2D eigenvalue weighted by Crippen LogP contribution is 2.63. The summed E-state index contributed by atoms with van der Waals surface area (Å²) in [5.74, 6) is -28.0. The maximum atomic E-state index is 16.3. The zero-order valence-corrected chi connectivity index (χ0v) is 75.5. The lowest BCUT2D eigenvalue weighted by Gasteiger charge is -2.41. The first-order valence-electron chi connectivity index (χ1n) is 45.2. The Morgan fingerprint density at radius 1 is 0.449 bits per heavy atom. The number of amides is 3. The number of nitrogens with zero attached hydrogens (tertiary/aromatic N) is 2. The van der Waals surface area contributed by atoms with Gasteiger partial charge in [-0.05, 0) is 146 Å². The number of nitrogens with one attached hydrogen (secondary N) is 3. The molecule has 0 bridgehead atoms. The zero-order valence-electron chi connectivity index (χ0n) is 75.5. The third-order valence-corrected chi connectivity index (χ3v) is 26.3. The number of aryl methyl sites for hydroxylation is 2. The van der Waals surface area contributed by atoms with E-state index in [4.69, 9.17) is 33.3 Å². The number of fused-ring (bicyclic) bond motifs is 14. The fourth-order valence-corrected chi connectivity index (χ4v) is 19.3. The average Bonchev–Trinajstić information content (AvgIpc) is 1.48. The van der Waals surface area contributed by atoms with E-state index in [1.54, 1.807) is 84.9 Å². The fraction of sp³-hybridized carbons (Fsp3) is 0.402. The maximum Gasteiger partial charge on any atom is 0.373 e. The van der Waals surface area contributed by atoms with E-state index < -0.39 is 201 Å². The molecule has 0 fully saturated rings. The number of ether oxygens (including phenoxy) is 5. The second-order valence-electron chi connectivity index (χ2n) is 36.4. The summed E-state index contributed by atoms with van der Waals surface area (Å²) in [5, 5.41) is 26.9. The van der Waals surface area contributed by atoms with E-state index in [1.165, 1.54) is 36.4 Å². The molecule has 8 heterocycles. The zero-order chi connectivity index (χ0) is 98.0. The van der Waals surface area contributed by atoms with Crippen LogP contribution in [-0.4, -0.2) is 131 Å². The van der Waals surface area contributed by atoms with Gasteiger partial charge in [0, 0.05) is 127 Å². The van der Waals surface area contributed by atoms with E-state index in [2.05, 4.69) is 25.8 Å². The van der Waals surface area contributed by atoms with Gasteiger partial charge in [-0.1, -0.05) is 127 Å². The van der Waals surface area contributed by atoms with Gasteiger partial charge in [-0.25, -0.2) is 44.7 Å². The molecule has 2 spiro atoms. The molecule has 0 aromatic heterocycles. The van der Waals surface area contributed by atoms with Crippen molar-refractivity contribution < 1.29 is 136 Å². The molecule has 8 aliphatic rings. The molecule has 0 saturated carbocycles. The standard InChI is InChI=1S/C54H50F4N2O8.C47H49F4N3O11.CO2/c1-29(2)40(61)22-30(3)52(64)59-39(23-31-10-5-4-6-11-31)41(62)24-32-14-16-33(17-15-32)28-66-43(63)26-34-18-19-37-42(25-34)67-51-36-13-9-21-60-20-8-7-12-35(50(36)60)27-38(51)54(37)45-44(53(65)68-54)46(55)48(57)49(58)47(45)56;1-21(2)26(19-32(56)29(12-13-34(57)58)52-44(61)22(3)4)45(62)53-30(20-35(59)60)31(55)16-23-10-11-27-33(17-23)64-43-25-9-7-15-54-14-6-5-8-24(42(25)54)18-28(43)47(27)37-36(46(63)65-47)38(48)40(50)41(51)39(37)49;2-1-3/h4-6,10-11,14-19,25,27,29-30,39H,7-9,12-13,20-24,26,28H2,1-3H3,(H,59,64);10-11,17-18,21-22,26,29-30H,5-9,12-16,19-20H2,1-4H3,(H,52,61)(H,53,62)(H,57,58)(H,59,60);. The molecule has 5 N–H and O–H groups in total. The smallest absolute Gasteiger partial charge is 0.373 e. The number of halogens is 8. The molecule has 8 aliphatic heterocycles. The molecule has 136 heavy (non-hydrogen) atoms. The molecule has 0 saturated heterocycles. The topological polar surface area (TPSA) is 368 Å². The molecule has 8 aromatic rings. The number of ketones is 4. The van der Waals surface area contributed by atoms with E-state index in [0.29, 0.717) is 54.4 Å². The molecule has 714 valence electrons. The predicted molar refractivity (Wildman–Crippen MR) is 470 cm³/mol. The first-order chi connectivity index (χ1) is 64.8. The van der Waals surface area contributed by atoms with E-state index in [9.17, 15) is 76.5 Å². The van der Waals surface area contributed by atoms with Crippen LogP contribution in [0.5, 0.6) is 23.0 Å². The summed E-state index contributed by atoms with van der Waals surface area (Å²) >= 11 is 0. The largest absolute Gasteiger partial charge is 0.481 e. The summed E-state index contributed by atoms with van der Waals surface area (Å²) in [6.45, 7) is 14.6. The van der Waals surface area contributed by atoms with Gasteiger partial charge >= 0.3 is 36.0 Å². The summed E-state index contributed by atoms with van der Waals surface area (Å²) in [6.07, 6.45) is 4.94. The molecule has 0 radical (unpaired) electrons. The molecular formula is C102H99F8N5O21. The first-order valence-corrected chi connectivity index (χ1v) is 45.2. The van der Waals surface area contributed by atoms with Crippen LogP contribution in [-0.2, 0) is 141 Å². The minimum absolute atomic E-state index is 0.0176. The van der Waals surface area contributed by atoms with Crippen LogP contribution < -0.4 is 35.2 Å². The Labute approximate surface area is 775 Å². The molecule has 3 amide bonds. The highest BCUT2D eigenvalue weighted by atomic mass is 19.2. The number of carboxylic acid groups (broad SMARTS) is 2. The Balaban J connectivity index is 0.000000212. The Bertz CT molecular complexity index is 6240. The molecule has 7 atom stereocenters. The summed E-state index contributed by atoms with van der Waals surface area (Å²) in [5.41, 5.74) is -0.382. The summed E-state index contributed by atoms with van der Waals surface area (Å²) in [4.78, 5) is 178. The number of Topliss-reactive ketones (excluding diaryl/α,β-unsaturated/α-hetero) is 4. The first kappa shape index (κ1) is 98.2. The number of hydrogen-bond donors (Lipinski definition) is 5. The Hall–Kier alpha value is -13.8. The highest BCUT2D eigenvalue weighted by Gasteiger charge is 2.61. The van der Waals surface area contributed by atoms with Crippen LogP contribution in [0.2, 0.25) is 0 Å². The van der Waals surface area contributed by atoms with Crippen LogP contribution in [0.15, 0.2) is 103 Å². The normalized spacial score (nSPS) is 17.5. The van der Waals surface area contributed by atoms with Crippen molar-refractivity contribution in [2.75, 3.05) is 36.0 Å². The Kier molecular flexibility index (Phi) is 29.5. The minimum atomic E-state index is -2.37. The van der Waals surface area contributed by atoms with Crippen molar-refractivity contribution in [1.82, 2.24) is 16.0 Å². The van der Waals surface area contributed by atoms with Gasteiger partial charge in [-0.3, -0.25) is 47.9 Å². The van der Waals surface area contributed by atoms with E-state index in [0.717, 1.165) is 91.9 Å². The van der Waals surface area contributed by atoms with Crippen molar-refractivity contribution in [3.05, 3.63) is 244 Å². The molecule has 7 unspecified atom stereocenters. The van der Waals surface area contributed by atoms with Crippen LogP contribution in [0, 0.1) is 76.1 Å². The Morgan fingerprint density at radius 3 is 1.39 bits per heavy atom. The van der Waals surface area contributed by atoms with E-state index in [-0.39, 0.29) is 119 Å². The number of carbonyl (C=O) groups is 12. The van der Waals surface area contributed by atoms with Crippen molar-refractivity contribution in [3.8, 4) is 23.0 Å². The van der Waals surface area contributed by atoms with Crippen LogP contribution in [0.3, 0.4) is 0 Å². The number of hydrogen-bond acceptors (Lipinski definition) is 21. The number of aliphatic carboxylic acids is 2. The van der Waals surface area contributed by atoms with Gasteiger partial charge in [0.05, 0.1) is 42.1 Å².